The summed E-state index contributed by atoms with van der Waals surface area (Å²) in [6, 6.07) is 5.62. The maximum absolute atomic E-state index is 9.29. The van der Waals surface area contributed by atoms with Crippen molar-refractivity contribution in [1.82, 2.24) is 14.9 Å². The molecule has 0 saturated heterocycles. The number of benzene rings is 1. The zero-order valence-corrected chi connectivity index (χ0v) is 10.1. The molecule has 2 aromatic rings. The van der Waals surface area contributed by atoms with Crippen LogP contribution >= 0.6 is 0 Å². The summed E-state index contributed by atoms with van der Waals surface area (Å²) in [6.45, 7) is 3.08. The van der Waals surface area contributed by atoms with Crippen LogP contribution in [0.4, 0.5) is 5.69 Å². The second-order valence-electron chi connectivity index (χ2n) is 4.51. The molecule has 1 aromatic heterocycles. The molecule has 2 rings (SSSR count). The first-order valence-corrected chi connectivity index (χ1v) is 5.65. The van der Waals surface area contributed by atoms with Crippen LogP contribution in [0.5, 0.6) is 0 Å². The highest BCUT2D eigenvalue weighted by molar-refractivity contribution is 5.78. The summed E-state index contributed by atoms with van der Waals surface area (Å²) in [5.74, 6) is 0.883. The Bertz CT molecular complexity index is 506. The smallest absolute Gasteiger partial charge is 0.121 e. The molecular weight excluding hydrogens is 216 g/mol. The van der Waals surface area contributed by atoms with Gasteiger partial charge in [0.2, 0.25) is 0 Å². The summed E-state index contributed by atoms with van der Waals surface area (Å²) in [5.41, 5.74) is 8.30. The molecule has 5 heteroatoms. The first kappa shape index (κ1) is 11.9. The molecule has 0 aliphatic rings. The second-order valence-corrected chi connectivity index (χ2v) is 4.51. The van der Waals surface area contributed by atoms with E-state index >= 15 is 0 Å². The number of H-pyrrole nitrogens is 1. The summed E-state index contributed by atoms with van der Waals surface area (Å²) in [7, 11) is 1.95. The number of aromatic nitrogens is 2. The number of fused-ring (bicyclic) bond motifs is 1. The topological polar surface area (TPSA) is 78.2 Å². The number of likely N-dealkylation sites (N-methyl/N-ethyl adjacent to an activating group) is 1. The van der Waals surface area contributed by atoms with Crippen LogP contribution in [-0.4, -0.2) is 39.7 Å². The number of nitrogen functional groups attached to an aromatic ring is 1. The number of nitrogens with one attached hydrogen (secondary N) is 1. The number of rotatable bonds is 4. The average molecular weight is 234 g/mol. The van der Waals surface area contributed by atoms with E-state index in [1.807, 2.05) is 30.1 Å². The van der Waals surface area contributed by atoms with Crippen LogP contribution in [0.15, 0.2) is 18.2 Å². The van der Waals surface area contributed by atoms with E-state index in [1.54, 1.807) is 6.92 Å². The molecule has 1 aromatic carbocycles. The largest absolute Gasteiger partial charge is 0.399 e. The van der Waals surface area contributed by atoms with E-state index in [-0.39, 0.29) is 6.10 Å². The highest BCUT2D eigenvalue weighted by Crippen LogP contribution is 2.15. The first-order chi connectivity index (χ1) is 8.04. The van der Waals surface area contributed by atoms with Crippen molar-refractivity contribution in [2.75, 3.05) is 19.3 Å². The molecule has 5 nitrogen and oxygen atoms in total. The molecule has 0 saturated carbocycles. The third-order valence-electron chi connectivity index (χ3n) is 2.55. The van der Waals surface area contributed by atoms with Crippen molar-refractivity contribution >= 4 is 16.7 Å². The van der Waals surface area contributed by atoms with Crippen LogP contribution in [0.2, 0.25) is 0 Å². The van der Waals surface area contributed by atoms with E-state index < -0.39 is 0 Å². The molecule has 0 aliphatic heterocycles. The van der Waals surface area contributed by atoms with E-state index in [9.17, 15) is 5.11 Å². The second kappa shape index (κ2) is 4.73. The molecule has 17 heavy (non-hydrogen) atoms. The Hall–Kier alpha value is -1.59. The van der Waals surface area contributed by atoms with Crippen LogP contribution in [-0.2, 0) is 6.54 Å². The Balaban J connectivity index is 2.14. The summed E-state index contributed by atoms with van der Waals surface area (Å²) in [5, 5.41) is 9.29. The Morgan fingerprint density at radius 1 is 1.53 bits per heavy atom. The molecule has 1 unspecified atom stereocenters. The SMILES string of the molecule is CC(O)CN(C)Cc1nc2ccc(N)cc2[nH]1. The van der Waals surface area contributed by atoms with E-state index in [4.69, 9.17) is 5.73 Å². The maximum Gasteiger partial charge on any atom is 0.121 e. The van der Waals surface area contributed by atoms with Crippen molar-refractivity contribution in [3.05, 3.63) is 24.0 Å². The van der Waals surface area contributed by atoms with Crippen molar-refractivity contribution in [3.8, 4) is 0 Å². The molecule has 92 valence electrons. The fourth-order valence-electron chi connectivity index (χ4n) is 1.93. The van der Waals surface area contributed by atoms with Crippen molar-refractivity contribution in [2.24, 2.45) is 0 Å². The van der Waals surface area contributed by atoms with Gasteiger partial charge in [-0.1, -0.05) is 0 Å². The van der Waals surface area contributed by atoms with Gasteiger partial charge >= 0.3 is 0 Å². The number of nitrogens with zero attached hydrogens (tertiary/aromatic N) is 2. The normalized spacial score (nSPS) is 13.4. The Kier molecular flexibility index (Phi) is 3.31. The van der Waals surface area contributed by atoms with E-state index in [1.165, 1.54) is 0 Å². The Morgan fingerprint density at radius 3 is 3.00 bits per heavy atom. The lowest BCUT2D eigenvalue weighted by molar-refractivity contribution is 0.137. The Labute approximate surface area is 100 Å². The van der Waals surface area contributed by atoms with Gasteiger partial charge in [-0.05, 0) is 32.2 Å². The van der Waals surface area contributed by atoms with Gasteiger partial charge in [0.05, 0.1) is 23.7 Å². The summed E-state index contributed by atoms with van der Waals surface area (Å²) in [4.78, 5) is 9.71. The quantitative estimate of drug-likeness (QED) is 0.688. The third-order valence-corrected chi connectivity index (χ3v) is 2.55. The molecule has 1 heterocycles. The highest BCUT2D eigenvalue weighted by atomic mass is 16.3. The predicted molar refractivity (Wildman–Crippen MR) is 68.5 cm³/mol. The lowest BCUT2D eigenvalue weighted by atomic mass is 10.3. The lowest BCUT2D eigenvalue weighted by Crippen LogP contribution is -2.27. The van der Waals surface area contributed by atoms with Gasteiger partial charge in [0, 0.05) is 12.2 Å². The van der Waals surface area contributed by atoms with Gasteiger partial charge in [-0.15, -0.1) is 0 Å². The van der Waals surface area contributed by atoms with E-state index in [0.29, 0.717) is 13.1 Å². The number of nitrogens with two attached hydrogens (primary N) is 1. The van der Waals surface area contributed by atoms with Gasteiger partial charge in [-0.3, -0.25) is 4.90 Å². The van der Waals surface area contributed by atoms with Crippen molar-refractivity contribution in [2.45, 2.75) is 19.6 Å². The van der Waals surface area contributed by atoms with Gasteiger partial charge in [0.1, 0.15) is 5.82 Å². The van der Waals surface area contributed by atoms with Gasteiger partial charge in [0.15, 0.2) is 0 Å². The van der Waals surface area contributed by atoms with Crippen LogP contribution in [0.3, 0.4) is 0 Å². The number of hydrogen-bond donors (Lipinski definition) is 3. The predicted octanol–water partition coefficient (Wildman–Crippen LogP) is 0.958. The summed E-state index contributed by atoms with van der Waals surface area (Å²) in [6.07, 6.45) is -0.333. The summed E-state index contributed by atoms with van der Waals surface area (Å²) < 4.78 is 0. The molecule has 0 radical (unpaired) electrons. The highest BCUT2D eigenvalue weighted by Gasteiger charge is 2.07. The minimum absolute atomic E-state index is 0.333. The standard InChI is InChI=1S/C12H18N4O/c1-8(17)6-16(2)7-12-14-10-4-3-9(13)5-11(10)15-12/h3-5,8,17H,6-7,13H2,1-2H3,(H,14,15). The molecule has 0 bridgehead atoms. The molecule has 1 atom stereocenters. The summed E-state index contributed by atoms with van der Waals surface area (Å²) >= 11 is 0. The number of imidazole rings is 1. The van der Waals surface area contributed by atoms with Crippen LogP contribution < -0.4 is 5.73 Å². The zero-order valence-electron chi connectivity index (χ0n) is 10.1. The van der Waals surface area contributed by atoms with Crippen LogP contribution in [0, 0.1) is 0 Å². The molecule has 0 amide bonds. The van der Waals surface area contributed by atoms with Crippen LogP contribution in [0.25, 0.3) is 11.0 Å². The fourth-order valence-corrected chi connectivity index (χ4v) is 1.93. The van der Waals surface area contributed by atoms with Gasteiger partial charge in [0.25, 0.3) is 0 Å². The molecule has 0 spiro atoms. The molecule has 0 aliphatic carbocycles. The van der Waals surface area contributed by atoms with Crippen molar-refractivity contribution in [3.63, 3.8) is 0 Å². The fraction of sp³-hybridized carbons (Fsp3) is 0.417. The van der Waals surface area contributed by atoms with Crippen molar-refractivity contribution < 1.29 is 5.11 Å². The number of hydrogen-bond acceptors (Lipinski definition) is 4. The van der Waals surface area contributed by atoms with Crippen LogP contribution in [0.1, 0.15) is 12.7 Å². The number of aliphatic hydroxyl groups is 1. The first-order valence-electron chi connectivity index (χ1n) is 5.65. The molecule has 0 fully saturated rings. The zero-order chi connectivity index (χ0) is 12.4. The van der Waals surface area contributed by atoms with Gasteiger partial charge < -0.3 is 15.8 Å². The third kappa shape index (κ3) is 2.95. The van der Waals surface area contributed by atoms with Gasteiger partial charge in [-0.25, -0.2) is 4.98 Å². The van der Waals surface area contributed by atoms with Crippen molar-refractivity contribution in [1.29, 1.82) is 0 Å². The van der Waals surface area contributed by atoms with E-state index in [2.05, 4.69) is 9.97 Å². The minimum atomic E-state index is -0.333. The Morgan fingerprint density at radius 2 is 2.29 bits per heavy atom. The maximum atomic E-state index is 9.29. The van der Waals surface area contributed by atoms with E-state index in [0.717, 1.165) is 22.5 Å². The minimum Gasteiger partial charge on any atom is -0.399 e. The molecule has 4 N–H and O–H groups in total. The number of aliphatic hydroxyl groups excluding tert-OH is 1. The number of aromatic amines is 1. The molecular formula is C12H18N4O. The lowest BCUT2D eigenvalue weighted by Gasteiger charge is -2.16. The monoisotopic (exact) mass is 234 g/mol. The average Bonchev–Trinajstić information content (AvgIpc) is 2.57. The van der Waals surface area contributed by atoms with Gasteiger partial charge in [-0.2, -0.15) is 0 Å². The number of anilines is 1.